The number of para-hydroxylation sites is 1. The van der Waals surface area contributed by atoms with Crippen LogP contribution in [0.15, 0.2) is 53.7 Å². The maximum Gasteiger partial charge on any atom is 0.138 e. The molecule has 5 heteroatoms. The SMILES string of the molecule is ON=C(COc1ccccc1Cl)c1ccc(Cl)cc1. The Kier molecular flexibility index (Phi) is 4.66. The first-order valence-corrected chi connectivity index (χ1v) is 6.30. The second-order valence-corrected chi connectivity index (χ2v) is 4.62. The molecule has 0 bridgehead atoms. The van der Waals surface area contributed by atoms with Gasteiger partial charge in [0.1, 0.15) is 18.1 Å². The third-order valence-corrected chi connectivity index (χ3v) is 3.06. The molecule has 0 fully saturated rings. The zero-order valence-electron chi connectivity index (χ0n) is 9.88. The van der Waals surface area contributed by atoms with Crippen molar-refractivity contribution < 1.29 is 9.94 Å². The third-order valence-electron chi connectivity index (χ3n) is 2.50. The van der Waals surface area contributed by atoms with Gasteiger partial charge in [-0.15, -0.1) is 0 Å². The van der Waals surface area contributed by atoms with Gasteiger partial charge >= 0.3 is 0 Å². The normalized spacial score (nSPS) is 11.4. The van der Waals surface area contributed by atoms with E-state index >= 15 is 0 Å². The summed E-state index contributed by atoms with van der Waals surface area (Å²) in [6.07, 6.45) is 0. The van der Waals surface area contributed by atoms with Gasteiger partial charge in [-0.1, -0.05) is 52.6 Å². The summed E-state index contributed by atoms with van der Waals surface area (Å²) in [4.78, 5) is 0. The fraction of sp³-hybridized carbons (Fsp3) is 0.0714. The van der Waals surface area contributed by atoms with Crippen molar-refractivity contribution in [2.45, 2.75) is 0 Å². The van der Waals surface area contributed by atoms with Crippen LogP contribution >= 0.6 is 23.2 Å². The highest BCUT2D eigenvalue weighted by Gasteiger charge is 2.07. The number of hydrogen-bond acceptors (Lipinski definition) is 3. The van der Waals surface area contributed by atoms with Gasteiger partial charge in [0, 0.05) is 10.6 Å². The number of oxime groups is 1. The maximum atomic E-state index is 9.04. The lowest BCUT2D eigenvalue weighted by atomic mass is 10.1. The van der Waals surface area contributed by atoms with Crippen molar-refractivity contribution in [2.24, 2.45) is 5.16 Å². The van der Waals surface area contributed by atoms with E-state index < -0.39 is 0 Å². The highest BCUT2D eigenvalue weighted by molar-refractivity contribution is 6.32. The average molecular weight is 296 g/mol. The number of nitrogens with zero attached hydrogens (tertiary/aromatic N) is 1. The van der Waals surface area contributed by atoms with Crippen LogP contribution in [0.5, 0.6) is 5.75 Å². The molecule has 98 valence electrons. The van der Waals surface area contributed by atoms with Crippen LogP contribution in [0.1, 0.15) is 5.56 Å². The van der Waals surface area contributed by atoms with Crippen molar-refractivity contribution in [3.8, 4) is 5.75 Å². The fourth-order valence-corrected chi connectivity index (χ4v) is 1.84. The molecule has 0 aliphatic carbocycles. The molecule has 0 aromatic heterocycles. The Bertz CT molecular complexity index is 582. The van der Waals surface area contributed by atoms with Crippen LogP contribution in [0.2, 0.25) is 10.0 Å². The molecular weight excluding hydrogens is 285 g/mol. The zero-order chi connectivity index (χ0) is 13.7. The number of ether oxygens (including phenoxy) is 1. The first kappa shape index (κ1) is 13.7. The summed E-state index contributed by atoms with van der Waals surface area (Å²) in [7, 11) is 0. The van der Waals surface area contributed by atoms with E-state index in [2.05, 4.69) is 5.16 Å². The maximum absolute atomic E-state index is 9.04. The highest BCUT2D eigenvalue weighted by atomic mass is 35.5. The second-order valence-electron chi connectivity index (χ2n) is 3.77. The molecule has 2 aromatic carbocycles. The van der Waals surface area contributed by atoms with E-state index in [1.54, 1.807) is 36.4 Å². The Balaban J connectivity index is 2.09. The van der Waals surface area contributed by atoms with E-state index in [0.29, 0.717) is 21.5 Å². The summed E-state index contributed by atoms with van der Waals surface area (Å²) < 4.78 is 5.52. The summed E-state index contributed by atoms with van der Waals surface area (Å²) in [5.74, 6) is 0.541. The molecule has 19 heavy (non-hydrogen) atoms. The van der Waals surface area contributed by atoms with Crippen molar-refractivity contribution in [3.05, 3.63) is 64.1 Å². The molecule has 1 N–H and O–H groups in total. The minimum absolute atomic E-state index is 0.113. The molecule has 0 aliphatic heterocycles. The monoisotopic (exact) mass is 295 g/mol. The van der Waals surface area contributed by atoms with Gasteiger partial charge in [0.05, 0.1) is 5.02 Å². The average Bonchev–Trinajstić information content (AvgIpc) is 2.43. The third kappa shape index (κ3) is 3.63. The Labute approximate surface area is 121 Å². The van der Waals surface area contributed by atoms with Crippen LogP contribution < -0.4 is 4.74 Å². The van der Waals surface area contributed by atoms with Crippen molar-refractivity contribution in [1.29, 1.82) is 0 Å². The smallest absolute Gasteiger partial charge is 0.138 e. The predicted octanol–water partition coefficient (Wildman–Crippen LogP) is 4.25. The largest absolute Gasteiger partial charge is 0.486 e. The van der Waals surface area contributed by atoms with Gasteiger partial charge in [-0.3, -0.25) is 0 Å². The zero-order valence-corrected chi connectivity index (χ0v) is 11.4. The number of benzene rings is 2. The van der Waals surface area contributed by atoms with Gasteiger partial charge in [-0.2, -0.15) is 0 Å². The number of halogens is 2. The van der Waals surface area contributed by atoms with E-state index in [4.69, 9.17) is 33.1 Å². The van der Waals surface area contributed by atoms with Crippen LogP contribution in [-0.2, 0) is 0 Å². The van der Waals surface area contributed by atoms with Crippen LogP contribution in [-0.4, -0.2) is 17.5 Å². The van der Waals surface area contributed by atoms with Crippen molar-refractivity contribution in [3.63, 3.8) is 0 Å². The van der Waals surface area contributed by atoms with E-state index in [0.717, 1.165) is 5.56 Å². The lowest BCUT2D eigenvalue weighted by Crippen LogP contribution is -2.13. The fourth-order valence-electron chi connectivity index (χ4n) is 1.52. The summed E-state index contributed by atoms with van der Waals surface area (Å²) >= 11 is 11.8. The first-order chi connectivity index (χ1) is 9.20. The van der Waals surface area contributed by atoms with Crippen LogP contribution in [0, 0.1) is 0 Å². The summed E-state index contributed by atoms with van der Waals surface area (Å²) in [5, 5.41) is 13.4. The molecular formula is C14H11Cl2NO2. The van der Waals surface area contributed by atoms with Crippen molar-refractivity contribution in [2.75, 3.05) is 6.61 Å². The molecule has 0 atom stereocenters. The quantitative estimate of drug-likeness (QED) is 0.520. The molecule has 2 aromatic rings. The van der Waals surface area contributed by atoms with Gasteiger partial charge in [0.25, 0.3) is 0 Å². The van der Waals surface area contributed by atoms with E-state index in [9.17, 15) is 0 Å². The second kappa shape index (κ2) is 6.45. The lowest BCUT2D eigenvalue weighted by Gasteiger charge is -2.09. The van der Waals surface area contributed by atoms with Crippen molar-refractivity contribution in [1.82, 2.24) is 0 Å². The first-order valence-electron chi connectivity index (χ1n) is 5.55. The summed E-state index contributed by atoms with van der Waals surface area (Å²) in [6, 6.07) is 14.1. The van der Waals surface area contributed by atoms with Crippen LogP contribution in [0.3, 0.4) is 0 Å². The Hall–Kier alpha value is -1.71. The predicted molar refractivity (Wildman–Crippen MR) is 76.7 cm³/mol. The number of rotatable bonds is 4. The topological polar surface area (TPSA) is 41.8 Å². The molecule has 0 aliphatic rings. The van der Waals surface area contributed by atoms with Gasteiger partial charge in [0.15, 0.2) is 0 Å². The Morgan fingerprint density at radius 1 is 1.05 bits per heavy atom. The minimum atomic E-state index is 0.113. The molecule has 0 unspecified atom stereocenters. The molecule has 0 radical (unpaired) electrons. The molecule has 0 saturated carbocycles. The molecule has 2 rings (SSSR count). The van der Waals surface area contributed by atoms with Gasteiger partial charge in [-0.25, -0.2) is 0 Å². The highest BCUT2D eigenvalue weighted by Crippen LogP contribution is 2.23. The Morgan fingerprint density at radius 2 is 1.74 bits per heavy atom. The molecule has 0 spiro atoms. The van der Waals surface area contributed by atoms with Crippen LogP contribution in [0.4, 0.5) is 0 Å². The molecule has 0 saturated heterocycles. The van der Waals surface area contributed by atoms with E-state index in [1.807, 2.05) is 12.1 Å². The van der Waals surface area contributed by atoms with Crippen LogP contribution in [0.25, 0.3) is 0 Å². The summed E-state index contributed by atoms with van der Waals surface area (Å²) in [6.45, 7) is 0.113. The van der Waals surface area contributed by atoms with Crippen molar-refractivity contribution >= 4 is 28.9 Å². The molecule has 0 amide bonds. The van der Waals surface area contributed by atoms with E-state index in [1.165, 1.54) is 0 Å². The summed E-state index contributed by atoms with van der Waals surface area (Å²) in [5.41, 5.74) is 1.13. The Morgan fingerprint density at radius 3 is 2.37 bits per heavy atom. The standard InChI is InChI=1S/C14H11Cl2NO2/c15-11-7-5-10(6-8-11)13(17-18)9-19-14-4-2-1-3-12(14)16/h1-8,18H,9H2. The lowest BCUT2D eigenvalue weighted by molar-refractivity contribution is 0.308. The molecule has 0 heterocycles. The number of hydrogen-bond donors (Lipinski definition) is 1. The van der Waals surface area contributed by atoms with Gasteiger partial charge in [0.2, 0.25) is 0 Å². The van der Waals surface area contributed by atoms with Gasteiger partial charge < -0.3 is 9.94 Å². The van der Waals surface area contributed by atoms with E-state index in [-0.39, 0.29) is 6.61 Å². The molecule has 3 nitrogen and oxygen atoms in total. The van der Waals surface area contributed by atoms with Gasteiger partial charge in [-0.05, 0) is 24.3 Å². The minimum Gasteiger partial charge on any atom is -0.486 e.